The van der Waals surface area contributed by atoms with Gasteiger partial charge in [0, 0.05) is 19.8 Å². The van der Waals surface area contributed by atoms with Crippen molar-refractivity contribution in [3.8, 4) is 0 Å². The standard InChI is InChI=1S/C10H12ClN5O/c1-16-6-7(4-14-16)2-3-12-8-5-13-15-10(17)9(8)11/h4-6H,2-3H2,1H3,(H2,12,15,17). The molecule has 0 spiro atoms. The number of halogens is 1. The van der Waals surface area contributed by atoms with Gasteiger partial charge in [-0.25, -0.2) is 5.10 Å². The van der Waals surface area contributed by atoms with Gasteiger partial charge in [0.05, 0.1) is 18.1 Å². The smallest absolute Gasteiger partial charge is 0.285 e. The molecule has 0 fully saturated rings. The largest absolute Gasteiger partial charge is 0.382 e. The first-order valence-corrected chi connectivity index (χ1v) is 5.49. The van der Waals surface area contributed by atoms with Crippen molar-refractivity contribution in [1.29, 1.82) is 0 Å². The maximum absolute atomic E-state index is 11.2. The van der Waals surface area contributed by atoms with E-state index in [1.807, 2.05) is 13.2 Å². The Balaban J connectivity index is 1.94. The average Bonchev–Trinajstić information content (AvgIpc) is 2.70. The van der Waals surface area contributed by atoms with Crippen molar-refractivity contribution >= 4 is 17.3 Å². The van der Waals surface area contributed by atoms with Gasteiger partial charge in [0.15, 0.2) is 0 Å². The third-order valence-electron chi connectivity index (χ3n) is 2.28. The van der Waals surface area contributed by atoms with E-state index in [2.05, 4.69) is 20.6 Å². The van der Waals surface area contributed by atoms with Crippen molar-refractivity contribution in [2.24, 2.45) is 7.05 Å². The lowest BCUT2D eigenvalue weighted by Crippen LogP contribution is -2.13. The van der Waals surface area contributed by atoms with E-state index in [-0.39, 0.29) is 5.02 Å². The Morgan fingerprint density at radius 1 is 1.53 bits per heavy atom. The van der Waals surface area contributed by atoms with Gasteiger partial charge < -0.3 is 5.32 Å². The first-order valence-electron chi connectivity index (χ1n) is 5.11. The van der Waals surface area contributed by atoms with E-state index in [0.717, 1.165) is 12.0 Å². The van der Waals surface area contributed by atoms with Crippen LogP contribution in [0.4, 0.5) is 5.69 Å². The molecular weight excluding hydrogens is 242 g/mol. The molecule has 17 heavy (non-hydrogen) atoms. The number of nitrogens with one attached hydrogen (secondary N) is 2. The van der Waals surface area contributed by atoms with Crippen LogP contribution in [0.3, 0.4) is 0 Å². The molecular formula is C10H12ClN5O. The van der Waals surface area contributed by atoms with Gasteiger partial charge in [-0.2, -0.15) is 10.2 Å². The van der Waals surface area contributed by atoms with Crippen molar-refractivity contribution in [3.05, 3.63) is 39.5 Å². The Morgan fingerprint density at radius 3 is 3.06 bits per heavy atom. The van der Waals surface area contributed by atoms with Crippen LogP contribution in [-0.4, -0.2) is 26.5 Å². The fraction of sp³-hybridized carbons (Fsp3) is 0.300. The van der Waals surface area contributed by atoms with E-state index in [4.69, 9.17) is 11.6 Å². The zero-order valence-electron chi connectivity index (χ0n) is 9.27. The molecule has 90 valence electrons. The summed E-state index contributed by atoms with van der Waals surface area (Å²) in [5.41, 5.74) is 1.27. The zero-order valence-corrected chi connectivity index (χ0v) is 10.0. The van der Waals surface area contributed by atoms with Gasteiger partial charge in [-0.1, -0.05) is 11.6 Å². The fourth-order valence-corrected chi connectivity index (χ4v) is 1.61. The summed E-state index contributed by atoms with van der Waals surface area (Å²) in [5, 5.41) is 13.2. The Labute approximate surface area is 103 Å². The molecule has 0 aromatic carbocycles. The summed E-state index contributed by atoms with van der Waals surface area (Å²) in [6.07, 6.45) is 6.04. The number of nitrogens with zero attached hydrogens (tertiary/aromatic N) is 3. The quantitative estimate of drug-likeness (QED) is 0.846. The van der Waals surface area contributed by atoms with Crippen LogP contribution in [0.15, 0.2) is 23.4 Å². The summed E-state index contributed by atoms with van der Waals surface area (Å²) in [7, 11) is 1.87. The van der Waals surface area contributed by atoms with Crippen LogP contribution in [-0.2, 0) is 13.5 Å². The minimum Gasteiger partial charge on any atom is -0.382 e. The van der Waals surface area contributed by atoms with Gasteiger partial charge in [-0.15, -0.1) is 0 Å². The minimum absolute atomic E-state index is 0.131. The number of rotatable bonds is 4. The second kappa shape index (κ2) is 5.01. The van der Waals surface area contributed by atoms with Gasteiger partial charge in [-0.3, -0.25) is 9.48 Å². The SMILES string of the molecule is Cn1cc(CCNc2cn[nH]c(=O)c2Cl)cn1. The van der Waals surface area contributed by atoms with E-state index in [1.165, 1.54) is 6.20 Å². The average molecular weight is 254 g/mol. The van der Waals surface area contributed by atoms with Crippen molar-refractivity contribution in [2.45, 2.75) is 6.42 Å². The Hall–Kier alpha value is -1.82. The van der Waals surface area contributed by atoms with Crippen molar-refractivity contribution < 1.29 is 0 Å². The topological polar surface area (TPSA) is 75.6 Å². The maximum Gasteiger partial charge on any atom is 0.285 e. The Morgan fingerprint density at radius 2 is 2.35 bits per heavy atom. The number of aryl methyl sites for hydroxylation is 1. The molecule has 0 aliphatic heterocycles. The third kappa shape index (κ3) is 2.85. The zero-order chi connectivity index (χ0) is 12.3. The first kappa shape index (κ1) is 11.7. The molecule has 0 radical (unpaired) electrons. The van der Waals surface area contributed by atoms with Crippen LogP contribution < -0.4 is 10.9 Å². The lowest BCUT2D eigenvalue weighted by Gasteiger charge is -2.05. The lowest BCUT2D eigenvalue weighted by molar-refractivity contribution is 0.767. The molecule has 2 rings (SSSR count). The van der Waals surface area contributed by atoms with Crippen molar-refractivity contribution in [3.63, 3.8) is 0 Å². The predicted molar refractivity (Wildman–Crippen MR) is 65.3 cm³/mol. The van der Waals surface area contributed by atoms with Crippen LogP contribution >= 0.6 is 11.6 Å². The molecule has 0 aliphatic rings. The van der Waals surface area contributed by atoms with E-state index in [9.17, 15) is 4.79 Å². The number of hydrogen-bond donors (Lipinski definition) is 2. The van der Waals surface area contributed by atoms with E-state index in [1.54, 1.807) is 10.9 Å². The molecule has 2 aromatic heterocycles. The van der Waals surface area contributed by atoms with Gasteiger partial charge in [0.2, 0.25) is 0 Å². The Kier molecular flexibility index (Phi) is 3.43. The van der Waals surface area contributed by atoms with E-state index in [0.29, 0.717) is 12.2 Å². The molecule has 0 amide bonds. The highest BCUT2D eigenvalue weighted by atomic mass is 35.5. The molecule has 7 heteroatoms. The molecule has 0 atom stereocenters. The summed E-state index contributed by atoms with van der Waals surface area (Å²) in [4.78, 5) is 11.2. The predicted octanol–water partition coefficient (Wildman–Crippen LogP) is 0.811. The normalized spacial score (nSPS) is 10.5. The summed E-state index contributed by atoms with van der Waals surface area (Å²) in [6.45, 7) is 0.663. The van der Waals surface area contributed by atoms with Crippen LogP contribution in [0.2, 0.25) is 5.02 Å². The van der Waals surface area contributed by atoms with Crippen molar-refractivity contribution in [2.75, 3.05) is 11.9 Å². The molecule has 0 saturated carbocycles. The lowest BCUT2D eigenvalue weighted by atomic mass is 10.2. The van der Waals surface area contributed by atoms with Crippen LogP contribution in [0, 0.1) is 0 Å². The van der Waals surface area contributed by atoms with Crippen LogP contribution in [0.5, 0.6) is 0 Å². The van der Waals surface area contributed by atoms with Gasteiger partial charge in [-0.05, 0) is 12.0 Å². The van der Waals surface area contributed by atoms with Gasteiger partial charge >= 0.3 is 0 Å². The molecule has 6 nitrogen and oxygen atoms in total. The molecule has 0 unspecified atom stereocenters. The second-order valence-corrected chi connectivity index (χ2v) is 4.00. The molecule has 0 aliphatic carbocycles. The maximum atomic E-state index is 11.2. The van der Waals surface area contributed by atoms with Gasteiger partial charge in [0.25, 0.3) is 5.56 Å². The number of hydrogen-bond acceptors (Lipinski definition) is 4. The molecule has 2 aromatic rings. The number of aromatic amines is 1. The summed E-state index contributed by atoms with van der Waals surface area (Å²) >= 11 is 5.82. The third-order valence-corrected chi connectivity index (χ3v) is 2.66. The number of H-pyrrole nitrogens is 1. The summed E-state index contributed by atoms with van der Waals surface area (Å²) in [5.74, 6) is 0. The highest BCUT2D eigenvalue weighted by Gasteiger charge is 2.04. The molecule has 2 heterocycles. The number of aromatic nitrogens is 4. The fourth-order valence-electron chi connectivity index (χ4n) is 1.45. The minimum atomic E-state index is -0.391. The van der Waals surface area contributed by atoms with Crippen LogP contribution in [0.1, 0.15) is 5.56 Å². The van der Waals surface area contributed by atoms with Gasteiger partial charge in [0.1, 0.15) is 5.02 Å². The van der Waals surface area contributed by atoms with Crippen molar-refractivity contribution in [1.82, 2.24) is 20.0 Å². The highest BCUT2D eigenvalue weighted by molar-refractivity contribution is 6.32. The monoisotopic (exact) mass is 253 g/mol. The summed E-state index contributed by atoms with van der Waals surface area (Å²) in [6, 6.07) is 0. The Bertz CT molecular complexity index is 562. The summed E-state index contributed by atoms with van der Waals surface area (Å²) < 4.78 is 1.75. The molecule has 2 N–H and O–H groups in total. The van der Waals surface area contributed by atoms with E-state index < -0.39 is 5.56 Å². The van der Waals surface area contributed by atoms with Crippen LogP contribution in [0.25, 0.3) is 0 Å². The second-order valence-electron chi connectivity index (χ2n) is 3.63. The van der Waals surface area contributed by atoms with E-state index >= 15 is 0 Å². The first-order chi connectivity index (χ1) is 8.16. The highest BCUT2D eigenvalue weighted by Crippen LogP contribution is 2.14. The molecule has 0 bridgehead atoms. The number of anilines is 1. The molecule has 0 saturated heterocycles.